The van der Waals surface area contributed by atoms with E-state index in [-0.39, 0.29) is 0 Å². The molecule has 1 aliphatic carbocycles. The van der Waals surface area contributed by atoms with Crippen molar-refractivity contribution in [1.82, 2.24) is 15.0 Å². The van der Waals surface area contributed by atoms with Crippen molar-refractivity contribution in [1.29, 1.82) is 0 Å². The second kappa shape index (κ2) is 14.8. The first-order valence-electron chi connectivity index (χ1n) is 20.1. The Bertz CT molecular complexity index is 3110. The van der Waals surface area contributed by atoms with Crippen molar-refractivity contribution < 1.29 is 13.3 Å². The molecule has 3 heterocycles. The number of oxazole rings is 3. The van der Waals surface area contributed by atoms with Gasteiger partial charge in [-0.25, -0.2) is 15.0 Å². The number of fused-ring (bicyclic) bond motifs is 3. The smallest absolute Gasteiger partial charge is 0.227 e. The van der Waals surface area contributed by atoms with Crippen LogP contribution in [-0.4, -0.2) is 15.0 Å². The molecule has 10 aromatic rings. The van der Waals surface area contributed by atoms with E-state index < -0.39 is 0 Å². The highest BCUT2D eigenvalue weighted by Gasteiger charge is 2.23. The standard InChI is InChI=1S/C52H37N5O3/c1-34-12-11-15-41(30-34)57(40-28-24-36(25-29-40)51-54-45-17-6-9-20-48(45)59-51)43-32-37(52-55-46-18-7-10-21-49(46)60-52)31-42(33-43)56(38-13-3-2-4-14-38)39-26-22-35(23-27-39)50-53-44-16-5-8-19-47(44)58-50/h2-11,13-34H,12H2,1H3. The molecule has 11 rings (SSSR count). The lowest BCUT2D eigenvalue weighted by atomic mass is 9.99. The topological polar surface area (TPSA) is 84.6 Å². The van der Waals surface area contributed by atoms with Gasteiger partial charge in [-0.05, 0) is 134 Å². The molecular formula is C52H37N5O3. The molecule has 8 nitrogen and oxygen atoms in total. The molecule has 0 N–H and O–H groups in total. The lowest BCUT2D eigenvalue weighted by Crippen LogP contribution is -2.18. The van der Waals surface area contributed by atoms with E-state index in [0.717, 1.165) is 90.5 Å². The lowest BCUT2D eigenvalue weighted by Gasteiger charge is -2.31. The molecule has 288 valence electrons. The van der Waals surface area contributed by atoms with Gasteiger partial charge in [-0.2, -0.15) is 0 Å². The molecule has 0 fully saturated rings. The molecule has 0 aliphatic heterocycles. The zero-order valence-electron chi connectivity index (χ0n) is 32.6. The van der Waals surface area contributed by atoms with Crippen molar-refractivity contribution in [3.63, 3.8) is 0 Å². The molecule has 0 bridgehead atoms. The van der Waals surface area contributed by atoms with Crippen molar-refractivity contribution in [3.05, 3.63) is 194 Å². The van der Waals surface area contributed by atoms with E-state index in [1.165, 1.54) is 0 Å². The van der Waals surface area contributed by atoms with Gasteiger partial charge < -0.3 is 23.1 Å². The molecule has 0 spiro atoms. The van der Waals surface area contributed by atoms with Gasteiger partial charge in [0.25, 0.3) is 0 Å². The molecule has 1 atom stereocenters. The van der Waals surface area contributed by atoms with Crippen molar-refractivity contribution >= 4 is 61.7 Å². The SMILES string of the molecule is CC1C=C(N(c2ccc(-c3nc4ccccc4o3)cc2)c2cc(-c3nc4ccccc4o3)cc(N(c3ccccc3)c3ccc(-c4nc5ccccc5o4)cc3)c2)C=CC1. The third-order valence-corrected chi connectivity index (χ3v) is 10.8. The van der Waals surface area contributed by atoms with Crippen LogP contribution in [0.4, 0.5) is 28.4 Å². The predicted molar refractivity (Wildman–Crippen MR) is 240 cm³/mol. The fourth-order valence-electron chi connectivity index (χ4n) is 7.91. The average Bonchev–Trinajstić information content (AvgIpc) is 4.05. The van der Waals surface area contributed by atoms with Crippen LogP contribution >= 0.6 is 0 Å². The maximum Gasteiger partial charge on any atom is 0.227 e. The summed E-state index contributed by atoms with van der Waals surface area (Å²) in [4.78, 5) is 19.1. The van der Waals surface area contributed by atoms with Crippen molar-refractivity contribution in [2.75, 3.05) is 9.80 Å². The highest BCUT2D eigenvalue weighted by atomic mass is 16.4. The summed E-state index contributed by atoms with van der Waals surface area (Å²) in [5, 5.41) is 0. The Morgan fingerprint density at radius 2 is 0.867 bits per heavy atom. The first-order chi connectivity index (χ1) is 29.6. The van der Waals surface area contributed by atoms with Crippen LogP contribution in [0.1, 0.15) is 13.3 Å². The first kappa shape index (κ1) is 35.2. The van der Waals surface area contributed by atoms with E-state index in [2.05, 4.69) is 126 Å². The summed E-state index contributed by atoms with van der Waals surface area (Å²) in [6.45, 7) is 2.25. The number of rotatable bonds is 9. The largest absolute Gasteiger partial charge is 0.436 e. The molecule has 1 aliphatic rings. The summed E-state index contributed by atoms with van der Waals surface area (Å²) in [6.07, 6.45) is 7.77. The number of para-hydroxylation sites is 7. The summed E-state index contributed by atoms with van der Waals surface area (Å²) in [5.41, 5.74) is 13.2. The van der Waals surface area contributed by atoms with E-state index in [1.54, 1.807) is 0 Å². The van der Waals surface area contributed by atoms with Gasteiger partial charge >= 0.3 is 0 Å². The van der Waals surface area contributed by atoms with Gasteiger partial charge in [0, 0.05) is 50.8 Å². The molecule has 0 saturated heterocycles. The third kappa shape index (κ3) is 6.60. The van der Waals surface area contributed by atoms with E-state index in [0.29, 0.717) is 23.6 Å². The normalized spacial score (nSPS) is 13.9. The van der Waals surface area contributed by atoms with Crippen LogP contribution in [-0.2, 0) is 0 Å². The van der Waals surface area contributed by atoms with Gasteiger partial charge in [0.2, 0.25) is 17.7 Å². The number of hydrogen-bond donors (Lipinski definition) is 0. The van der Waals surface area contributed by atoms with Gasteiger partial charge in [0.15, 0.2) is 16.7 Å². The molecule has 1 unspecified atom stereocenters. The number of nitrogens with zero attached hydrogens (tertiary/aromatic N) is 5. The zero-order valence-corrected chi connectivity index (χ0v) is 32.6. The second-order valence-electron chi connectivity index (χ2n) is 15.0. The third-order valence-electron chi connectivity index (χ3n) is 10.8. The Morgan fingerprint density at radius 1 is 0.433 bits per heavy atom. The lowest BCUT2D eigenvalue weighted by molar-refractivity contribution is 0.619. The summed E-state index contributed by atoms with van der Waals surface area (Å²) in [6, 6.07) is 57.2. The first-order valence-corrected chi connectivity index (χ1v) is 20.1. The van der Waals surface area contributed by atoms with E-state index >= 15 is 0 Å². The number of aromatic nitrogens is 3. The van der Waals surface area contributed by atoms with Crippen molar-refractivity contribution in [2.24, 2.45) is 5.92 Å². The van der Waals surface area contributed by atoms with Crippen LogP contribution in [0, 0.1) is 5.92 Å². The maximum atomic E-state index is 6.47. The predicted octanol–water partition coefficient (Wildman–Crippen LogP) is 14.2. The Kier molecular flexibility index (Phi) is 8.66. The fourth-order valence-corrected chi connectivity index (χ4v) is 7.91. The van der Waals surface area contributed by atoms with Crippen molar-refractivity contribution in [2.45, 2.75) is 13.3 Å². The summed E-state index contributed by atoms with van der Waals surface area (Å²) in [5.74, 6) is 2.05. The van der Waals surface area contributed by atoms with Crippen LogP contribution in [0.2, 0.25) is 0 Å². The molecule has 0 saturated carbocycles. The van der Waals surface area contributed by atoms with Gasteiger partial charge in [-0.3, -0.25) is 0 Å². The Morgan fingerprint density at radius 3 is 1.37 bits per heavy atom. The van der Waals surface area contributed by atoms with Crippen LogP contribution in [0.25, 0.3) is 67.7 Å². The number of hydrogen-bond acceptors (Lipinski definition) is 8. The molecule has 60 heavy (non-hydrogen) atoms. The Hall–Kier alpha value is -7.97. The van der Waals surface area contributed by atoms with Gasteiger partial charge in [0.1, 0.15) is 16.6 Å². The minimum Gasteiger partial charge on any atom is -0.436 e. The number of anilines is 5. The highest BCUT2D eigenvalue weighted by molar-refractivity contribution is 5.87. The summed E-state index contributed by atoms with van der Waals surface area (Å²) >= 11 is 0. The molecule has 0 amide bonds. The molecule has 3 aromatic heterocycles. The van der Waals surface area contributed by atoms with Crippen LogP contribution < -0.4 is 9.80 Å². The minimum atomic E-state index is 0.354. The summed E-state index contributed by atoms with van der Waals surface area (Å²) < 4.78 is 18.8. The second-order valence-corrected chi connectivity index (χ2v) is 15.0. The van der Waals surface area contributed by atoms with Crippen molar-refractivity contribution in [3.8, 4) is 34.4 Å². The number of benzene rings is 7. The fraction of sp³-hybridized carbons (Fsp3) is 0.0577. The van der Waals surface area contributed by atoms with Gasteiger partial charge in [-0.1, -0.05) is 73.7 Å². The van der Waals surface area contributed by atoms with Crippen LogP contribution in [0.5, 0.6) is 0 Å². The van der Waals surface area contributed by atoms with E-state index in [4.69, 9.17) is 28.2 Å². The highest BCUT2D eigenvalue weighted by Crippen LogP contribution is 2.43. The molecular weight excluding hydrogens is 743 g/mol. The van der Waals surface area contributed by atoms with E-state index in [9.17, 15) is 0 Å². The van der Waals surface area contributed by atoms with Crippen LogP contribution in [0.3, 0.4) is 0 Å². The van der Waals surface area contributed by atoms with E-state index in [1.807, 2.05) is 78.9 Å². The van der Waals surface area contributed by atoms with Crippen LogP contribution in [0.15, 0.2) is 207 Å². The molecule has 7 aromatic carbocycles. The maximum absolute atomic E-state index is 6.47. The monoisotopic (exact) mass is 779 g/mol. The molecule has 8 heteroatoms. The number of allylic oxidation sites excluding steroid dienone is 3. The summed E-state index contributed by atoms with van der Waals surface area (Å²) in [7, 11) is 0. The Balaban J connectivity index is 1.08. The zero-order chi connectivity index (χ0) is 40.0. The van der Waals surface area contributed by atoms with Gasteiger partial charge in [-0.15, -0.1) is 0 Å². The Labute approximate surface area is 346 Å². The minimum absolute atomic E-state index is 0.354. The average molecular weight is 780 g/mol. The quantitative estimate of drug-likeness (QED) is 0.143. The van der Waals surface area contributed by atoms with Gasteiger partial charge in [0.05, 0.1) is 0 Å². The molecule has 0 radical (unpaired) electrons.